The number of ketones is 1. The van der Waals surface area contributed by atoms with E-state index in [-0.39, 0.29) is 24.3 Å². The number of benzene rings is 1. The van der Waals surface area contributed by atoms with Crippen LogP contribution in [0.3, 0.4) is 0 Å². The van der Waals surface area contributed by atoms with Gasteiger partial charge in [0.05, 0.1) is 12.3 Å². The predicted octanol–water partition coefficient (Wildman–Crippen LogP) is 4.26. The van der Waals surface area contributed by atoms with Gasteiger partial charge in [-0.25, -0.2) is 8.78 Å². The number of hydrogen-bond donors (Lipinski definition) is 0. The van der Waals surface area contributed by atoms with Crippen molar-refractivity contribution >= 4 is 17.4 Å². The van der Waals surface area contributed by atoms with E-state index in [0.29, 0.717) is 29.8 Å². The van der Waals surface area contributed by atoms with Crippen LogP contribution < -0.4 is 0 Å². The number of aromatic nitrogens is 1. The van der Waals surface area contributed by atoms with E-state index >= 15 is 4.39 Å². The Kier molecular flexibility index (Phi) is 3.89. The van der Waals surface area contributed by atoms with Crippen molar-refractivity contribution in [3.05, 3.63) is 64.2 Å². The highest BCUT2D eigenvalue weighted by atomic mass is 35.5. The van der Waals surface area contributed by atoms with Crippen LogP contribution in [-0.4, -0.2) is 17.4 Å². The first-order valence-electron chi connectivity index (χ1n) is 8.21. The molecule has 1 aliphatic carbocycles. The van der Waals surface area contributed by atoms with E-state index in [2.05, 4.69) is 4.98 Å². The lowest BCUT2D eigenvalue weighted by atomic mass is 9.74. The quantitative estimate of drug-likeness (QED) is 0.762. The molecule has 0 saturated carbocycles. The van der Waals surface area contributed by atoms with E-state index in [9.17, 15) is 9.18 Å². The fraction of sp³-hybridized carbons (Fsp3) is 0.368. The van der Waals surface area contributed by atoms with Crippen LogP contribution in [0.2, 0.25) is 5.02 Å². The number of nitrogens with zero attached hydrogens (tertiary/aromatic N) is 1. The molecule has 1 aromatic carbocycles. The molecule has 0 N–H and O–H groups in total. The first-order chi connectivity index (χ1) is 11.9. The fourth-order valence-electron chi connectivity index (χ4n) is 3.54. The summed E-state index contributed by atoms with van der Waals surface area (Å²) in [5, 5.41) is 0.247. The zero-order chi connectivity index (χ0) is 17.7. The van der Waals surface area contributed by atoms with Gasteiger partial charge in [0.2, 0.25) is 0 Å². The number of alkyl halides is 1. The predicted molar refractivity (Wildman–Crippen MR) is 88.6 cm³/mol. The second kappa shape index (κ2) is 5.85. The molecule has 6 heteroatoms. The third-order valence-corrected chi connectivity index (χ3v) is 5.46. The van der Waals surface area contributed by atoms with Crippen LogP contribution in [0.5, 0.6) is 0 Å². The van der Waals surface area contributed by atoms with Gasteiger partial charge in [-0.2, -0.15) is 0 Å². The van der Waals surface area contributed by atoms with Crippen LogP contribution in [-0.2, 0) is 27.2 Å². The third-order valence-electron chi connectivity index (χ3n) is 5.11. The highest BCUT2D eigenvalue weighted by molar-refractivity contribution is 6.31. The van der Waals surface area contributed by atoms with Crippen LogP contribution in [0.4, 0.5) is 8.78 Å². The highest BCUT2D eigenvalue weighted by Gasteiger charge is 2.58. The summed E-state index contributed by atoms with van der Waals surface area (Å²) in [7, 11) is 0. The maximum atomic E-state index is 15.7. The topological polar surface area (TPSA) is 42.5 Å². The molecular formula is C19H16ClF2NO2. The minimum atomic E-state index is -2.06. The highest BCUT2D eigenvalue weighted by Crippen LogP contribution is 2.53. The SMILES string of the molecule is O=C(CCc1ccc(F)cc1Cl)[C@]1(F)CC[C@]2(CO2)c2ncccc21. The average Bonchev–Trinajstić information content (AvgIpc) is 3.39. The minimum Gasteiger partial charge on any atom is -0.363 e. The summed E-state index contributed by atoms with van der Waals surface area (Å²) in [6.07, 6.45) is 2.37. The van der Waals surface area contributed by atoms with Crippen LogP contribution in [0.25, 0.3) is 0 Å². The van der Waals surface area contributed by atoms with Crippen LogP contribution in [0, 0.1) is 5.82 Å². The van der Waals surface area contributed by atoms with Crippen LogP contribution >= 0.6 is 11.6 Å². The Bertz CT molecular complexity index is 853. The summed E-state index contributed by atoms with van der Waals surface area (Å²) in [6, 6.07) is 7.26. The van der Waals surface area contributed by atoms with Gasteiger partial charge < -0.3 is 4.74 Å². The summed E-state index contributed by atoms with van der Waals surface area (Å²) in [4.78, 5) is 17.0. The van der Waals surface area contributed by atoms with E-state index in [0.717, 1.165) is 0 Å². The molecule has 0 radical (unpaired) electrons. The van der Waals surface area contributed by atoms with Crippen molar-refractivity contribution in [1.82, 2.24) is 4.98 Å². The first-order valence-corrected chi connectivity index (χ1v) is 8.58. The monoisotopic (exact) mass is 363 g/mol. The number of ether oxygens (including phenoxy) is 1. The largest absolute Gasteiger partial charge is 0.363 e. The van der Waals surface area contributed by atoms with Crippen molar-refractivity contribution in [1.29, 1.82) is 0 Å². The molecule has 1 saturated heterocycles. The molecule has 2 atom stereocenters. The van der Waals surface area contributed by atoms with Gasteiger partial charge in [-0.3, -0.25) is 9.78 Å². The van der Waals surface area contributed by atoms with Gasteiger partial charge >= 0.3 is 0 Å². The molecule has 1 fully saturated rings. The van der Waals surface area contributed by atoms with E-state index < -0.39 is 22.9 Å². The van der Waals surface area contributed by atoms with E-state index in [1.807, 2.05) is 0 Å². The van der Waals surface area contributed by atoms with Gasteiger partial charge in [0.1, 0.15) is 11.4 Å². The molecule has 4 rings (SSSR count). The summed E-state index contributed by atoms with van der Waals surface area (Å²) < 4.78 is 34.3. The minimum absolute atomic E-state index is 0.00988. The Hall–Kier alpha value is -1.85. The molecule has 1 aromatic heterocycles. The Labute approximate surface area is 149 Å². The van der Waals surface area contributed by atoms with Gasteiger partial charge in [0.15, 0.2) is 11.5 Å². The van der Waals surface area contributed by atoms with Gasteiger partial charge in [0.25, 0.3) is 0 Å². The molecule has 0 bridgehead atoms. The Balaban J connectivity index is 1.57. The molecular weight excluding hydrogens is 348 g/mol. The number of epoxide rings is 1. The molecule has 2 aromatic rings. The molecule has 25 heavy (non-hydrogen) atoms. The molecule has 2 heterocycles. The van der Waals surface area contributed by atoms with Crippen molar-refractivity contribution in [2.45, 2.75) is 37.0 Å². The van der Waals surface area contributed by atoms with Crippen molar-refractivity contribution in [2.24, 2.45) is 0 Å². The smallest absolute Gasteiger partial charge is 0.195 e. The van der Waals surface area contributed by atoms with Gasteiger partial charge in [-0.1, -0.05) is 23.7 Å². The zero-order valence-electron chi connectivity index (χ0n) is 13.4. The molecule has 3 nitrogen and oxygen atoms in total. The zero-order valence-corrected chi connectivity index (χ0v) is 14.2. The van der Waals surface area contributed by atoms with E-state index in [4.69, 9.17) is 16.3 Å². The number of rotatable bonds is 4. The lowest BCUT2D eigenvalue weighted by molar-refractivity contribution is -0.132. The van der Waals surface area contributed by atoms with E-state index in [1.165, 1.54) is 18.2 Å². The third kappa shape index (κ3) is 2.75. The molecule has 1 spiro atoms. The lowest BCUT2D eigenvalue weighted by Crippen LogP contribution is -2.39. The molecule has 1 aliphatic heterocycles. The molecule has 0 unspecified atom stereocenters. The van der Waals surface area contributed by atoms with E-state index in [1.54, 1.807) is 18.3 Å². The maximum Gasteiger partial charge on any atom is 0.195 e. The number of carbonyl (C=O) groups is 1. The van der Waals surface area contributed by atoms with Gasteiger partial charge in [-0.05, 0) is 43.0 Å². The molecule has 2 aliphatic rings. The normalized spacial score (nSPS) is 27.2. The van der Waals surface area contributed by atoms with Crippen molar-refractivity contribution in [2.75, 3.05) is 6.61 Å². The number of aryl methyl sites for hydroxylation is 1. The number of fused-ring (bicyclic) bond motifs is 2. The summed E-state index contributed by atoms with van der Waals surface area (Å²) in [5.41, 5.74) is -1.09. The summed E-state index contributed by atoms with van der Waals surface area (Å²) in [5.74, 6) is -0.943. The molecule has 0 amide bonds. The van der Waals surface area contributed by atoms with Gasteiger partial charge in [0, 0.05) is 23.2 Å². The number of Topliss-reactive ketones (excluding diaryl/α,β-unsaturated/α-hetero) is 1. The molecule has 130 valence electrons. The van der Waals surface area contributed by atoms with Crippen molar-refractivity contribution in [3.63, 3.8) is 0 Å². The standard InChI is InChI=1S/C19H16ClF2NO2/c20-15-10-13(21)5-3-12(15)4-6-16(24)19(22)8-7-18(11-25-18)17-14(19)2-1-9-23-17/h1-3,5,9-10H,4,6-8,11H2/t18-,19-/m0/s1. The second-order valence-corrected chi connectivity index (χ2v) is 7.05. The maximum absolute atomic E-state index is 15.7. The Morgan fingerprint density at radius 3 is 2.84 bits per heavy atom. The lowest BCUT2D eigenvalue weighted by Gasteiger charge is -2.33. The number of halogens is 3. The summed E-state index contributed by atoms with van der Waals surface area (Å²) in [6.45, 7) is 0.520. The second-order valence-electron chi connectivity index (χ2n) is 6.64. The number of carbonyl (C=O) groups excluding carboxylic acids is 1. The summed E-state index contributed by atoms with van der Waals surface area (Å²) >= 11 is 5.99. The first kappa shape index (κ1) is 16.6. The Morgan fingerprint density at radius 2 is 2.12 bits per heavy atom. The van der Waals surface area contributed by atoms with Gasteiger partial charge in [-0.15, -0.1) is 0 Å². The Morgan fingerprint density at radius 1 is 1.32 bits per heavy atom. The number of hydrogen-bond acceptors (Lipinski definition) is 3. The average molecular weight is 364 g/mol. The number of pyridine rings is 1. The van der Waals surface area contributed by atoms with Crippen LogP contribution in [0.1, 0.15) is 36.1 Å². The van der Waals surface area contributed by atoms with Crippen LogP contribution in [0.15, 0.2) is 36.5 Å². The van der Waals surface area contributed by atoms with Crippen molar-refractivity contribution < 1.29 is 18.3 Å². The van der Waals surface area contributed by atoms with Crippen molar-refractivity contribution in [3.8, 4) is 0 Å². The fourth-order valence-corrected chi connectivity index (χ4v) is 3.81.